The number of ether oxygens (including phenoxy) is 2. The van der Waals surface area contributed by atoms with Crippen LogP contribution in [0.5, 0.6) is 0 Å². The maximum absolute atomic E-state index is 12.8. The van der Waals surface area contributed by atoms with Crippen LogP contribution in [0.4, 0.5) is 0 Å². The zero-order chi connectivity index (χ0) is 42.8. The van der Waals surface area contributed by atoms with Crippen LogP contribution in [0, 0.1) is 0 Å². The molecule has 0 bridgehead atoms. The molecule has 0 amide bonds. The molecule has 0 saturated carbocycles. The molecular weight excluding hydrogens is 735 g/mol. The second-order valence-corrected chi connectivity index (χ2v) is 16.4. The van der Waals surface area contributed by atoms with Crippen LogP contribution in [0.1, 0.15) is 242 Å². The van der Waals surface area contributed by atoms with Crippen LogP contribution < -0.4 is 0 Å². The van der Waals surface area contributed by atoms with E-state index < -0.39 is 0 Å². The van der Waals surface area contributed by atoms with E-state index in [9.17, 15) is 14.7 Å². The van der Waals surface area contributed by atoms with E-state index in [1.807, 2.05) is 53.3 Å². The first-order valence-corrected chi connectivity index (χ1v) is 26.0. The molecule has 0 saturated heterocycles. The first kappa shape index (κ1) is 62.2. The van der Waals surface area contributed by atoms with Crippen molar-refractivity contribution >= 4 is 36.3 Å². The lowest BCUT2D eigenvalue weighted by molar-refractivity contribution is -0.144. The maximum atomic E-state index is 12.8. The minimum absolute atomic E-state index is 0.0181. The zero-order valence-corrected chi connectivity index (χ0v) is 41.0. The van der Waals surface area contributed by atoms with Crippen LogP contribution in [-0.2, 0) is 19.1 Å². The van der Waals surface area contributed by atoms with E-state index in [4.69, 9.17) is 9.47 Å². The summed E-state index contributed by atoms with van der Waals surface area (Å²) in [5.41, 5.74) is 0. The molecule has 0 fully saturated rings. The number of carbonyl (C=O) groups is 2. The summed E-state index contributed by atoms with van der Waals surface area (Å²) in [5, 5.41) is 8.98. The van der Waals surface area contributed by atoms with Gasteiger partial charge in [-0.15, -0.1) is 11.8 Å². The van der Waals surface area contributed by atoms with Gasteiger partial charge in [-0.1, -0.05) is 184 Å². The van der Waals surface area contributed by atoms with Crippen LogP contribution in [0.3, 0.4) is 0 Å². The Hall–Kier alpha value is -0.440. The van der Waals surface area contributed by atoms with Crippen molar-refractivity contribution in [2.24, 2.45) is 0 Å². The van der Waals surface area contributed by atoms with E-state index in [1.54, 1.807) is 0 Å². The lowest BCUT2D eigenvalue weighted by Gasteiger charge is -2.22. The Morgan fingerprint density at radius 2 is 0.875 bits per heavy atom. The number of hydrogen-bond acceptors (Lipinski definition) is 8. The Bertz CT molecular complexity index is 730. The van der Waals surface area contributed by atoms with Gasteiger partial charge in [0.25, 0.3) is 0 Å². The molecule has 8 heteroatoms. The molecular formula is C48H101NO5S2. The molecule has 2 unspecified atom stereocenters. The molecule has 1 N–H and O–H groups in total. The zero-order valence-electron chi connectivity index (χ0n) is 39.3. The molecule has 0 heterocycles. The average Bonchev–Trinajstić information content (AvgIpc) is 3.23. The van der Waals surface area contributed by atoms with Gasteiger partial charge in [-0.2, -0.15) is 12.6 Å². The molecule has 0 aromatic heterocycles. The van der Waals surface area contributed by atoms with Crippen LogP contribution >= 0.6 is 24.4 Å². The summed E-state index contributed by atoms with van der Waals surface area (Å²) in [6, 6.07) is 0. The van der Waals surface area contributed by atoms with Gasteiger partial charge in [0.1, 0.15) is 5.25 Å². The fourth-order valence-corrected chi connectivity index (χ4v) is 7.69. The number of esters is 2. The van der Waals surface area contributed by atoms with Gasteiger partial charge in [0.2, 0.25) is 0 Å². The Balaban J connectivity index is -0.00000214. The van der Waals surface area contributed by atoms with Gasteiger partial charge in [-0.05, 0) is 83.2 Å². The van der Waals surface area contributed by atoms with Crippen molar-refractivity contribution in [3.8, 4) is 0 Å². The molecule has 0 aliphatic heterocycles. The van der Waals surface area contributed by atoms with E-state index in [0.717, 1.165) is 102 Å². The number of thioether (sulfide) groups is 1. The first-order chi connectivity index (χ1) is 27.5. The number of rotatable bonds is 40. The minimum Gasteiger partial charge on any atom is -0.465 e. The van der Waals surface area contributed by atoms with Crippen molar-refractivity contribution in [1.82, 2.24) is 4.90 Å². The lowest BCUT2D eigenvalue weighted by atomic mass is 10.1. The predicted molar refractivity (Wildman–Crippen MR) is 255 cm³/mol. The molecule has 0 aliphatic carbocycles. The lowest BCUT2D eigenvalue weighted by Crippen LogP contribution is -2.27. The molecule has 56 heavy (non-hydrogen) atoms. The molecule has 2 atom stereocenters. The fraction of sp³-hybridized carbons (Fsp3) is 0.958. The highest BCUT2D eigenvalue weighted by atomic mass is 32.2. The van der Waals surface area contributed by atoms with Crippen molar-refractivity contribution in [3.63, 3.8) is 0 Å². The van der Waals surface area contributed by atoms with E-state index in [-0.39, 0.29) is 29.0 Å². The van der Waals surface area contributed by atoms with Gasteiger partial charge in [-0.25, -0.2) is 0 Å². The van der Waals surface area contributed by atoms with Gasteiger partial charge < -0.3 is 19.5 Å². The second-order valence-electron chi connectivity index (χ2n) is 14.5. The highest BCUT2D eigenvalue weighted by molar-refractivity contribution is 8.00. The van der Waals surface area contributed by atoms with Gasteiger partial charge >= 0.3 is 11.9 Å². The number of aliphatic hydroxyl groups is 1. The van der Waals surface area contributed by atoms with Crippen LogP contribution in [-0.4, -0.2) is 77.7 Å². The van der Waals surface area contributed by atoms with Crippen molar-refractivity contribution in [3.05, 3.63) is 0 Å². The summed E-state index contributed by atoms with van der Waals surface area (Å²) in [6.07, 6.45) is 32.6. The minimum atomic E-state index is -0.273. The summed E-state index contributed by atoms with van der Waals surface area (Å²) in [7, 11) is 0. The highest BCUT2D eigenvalue weighted by Gasteiger charge is 2.20. The number of unbranched alkanes of at least 4 members (excludes halogenated alkanes) is 20. The van der Waals surface area contributed by atoms with E-state index in [1.165, 1.54) is 103 Å². The van der Waals surface area contributed by atoms with Gasteiger partial charge in [0.05, 0.1) is 18.5 Å². The second kappa shape index (κ2) is 56.7. The fourth-order valence-electron chi connectivity index (χ4n) is 6.24. The van der Waals surface area contributed by atoms with Crippen LogP contribution in [0.15, 0.2) is 0 Å². The summed E-state index contributed by atoms with van der Waals surface area (Å²) < 4.78 is 11.1. The Labute approximate surface area is 361 Å². The SMILES string of the molecule is CC.CC.CC.CCCCCCCCCCSC(CCCC)C(=O)OCCCCCCCCN(CCCCO)CCCCCCCCOC(=O)C(S)CCCC. The van der Waals surface area contributed by atoms with E-state index >= 15 is 0 Å². The third kappa shape index (κ3) is 47.9. The van der Waals surface area contributed by atoms with Crippen molar-refractivity contribution in [2.45, 2.75) is 253 Å². The Morgan fingerprint density at radius 3 is 1.34 bits per heavy atom. The van der Waals surface area contributed by atoms with Gasteiger partial charge in [-0.3, -0.25) is 9.59 Å². The monoisotopic (exact) mass is 836 g/mol. The quantitative estimate of drug-likeness (QED) is 0.0362. The summed E-state index contributed by atoms with van der Waals surface area (Å²) in [4.78, 5) is 27.3. The third-order valence-electron chi connectivity index (χ3n) is 9.61. The van der Waals surface area contributed by atoms with E-state index in [2.05, 4.69) is 38.3 Å². The maximum Gasteiger partial charge on any atom is 0.319 e. The standard InChI is InChI=1S/C42H83NO5S2.3C2H6/c1-4-7-10-11-12-17-22-29-38-50-40(31-9-6-3)42(46)48-37-28-21-16-14-19-24-33-43(34-25-26-35-44)32-23-18-13-15-20-27-36-47-41(45)39(49)30-8-5-2;3*1-2/h39-40,44,49H,4-38H2,1-3H3;3*1-2H3. The van der Waals surface area contributed by atoms with Crippen LogP contribution in [0.2, 0.25) is 0 Å². The summed E-state index contributed by atoms with van der Waals surface area (Å²) in [5.74, 6) is 0.938. The molecule has 340 valence electrons. The molecule has 0 spiro atoms. The van der Waals surface area contributed by atoms with Gasteiger partial charge in [0.15, 0.2) is 0 Å². The van der Waals surface area contributed by atoms with E-state index in [0.29, 0.717) is 13.2 Å². The molecule has 0 aromatic rings. The molecule has 6 nitrogen and oxygen atoms in total. The highest BCUT2D eigenvalue weighted by Crippen LogP contribution is 2.22. The van der Waals surface area contributed by atoms with Crippen molar-refractivity contribution in [1.29, 1.82) is 0 Å². The molecule has 0 rings (SSSR count). The van der Waals surface area contributed by atoms with Gasteiger partial charge in [0, 0.05) is 6.61 Å². The Morgan fingerprint density at radius 1 is 0.500 bits per heavy atom. The average molecular weight is 836 g/mol. The van der Waals surface area contributed by atoms with Crippen molar-refractivity contribution < 1.29 is 24.2 Å². The molecule has 0 aromatic carbocycles. The molecule has 0 aliphatic rings. The Kier molecular flexibility index (Phi) is 62.9. The number of thiol groups is 1. The van der Waals surface area contributed by atoms with Crippen LogP contribution in [0.25, 0.3) is 0 Å². The number of nitrogens with zero attached hydrogens (tertiary/aromatic N) is 1. The first-order valence-electron chi connectivity index (χ1n) is 24.5. The normalized spacial score (nSPS) is 11.7. The summed E-state index contributed by atoms with van der Waals surface area (Å²) >= 11 is 6.20. The topological polar surface area (TPSA) is 76.1 Å². The largest absolute Gasteiger partial charge is 0.465 e. The number of hydrogen-bond donors (Lipinski definition) is 2. The third-order valence-corrected chi connectivity index (χ3v) is 11.4. The summed E-state index contributed by atoms with van der Waals surface area (Å²) in [6.45, 7) is 23.3. The smallest absolute Gasteiger partial charge is 0.319 e. The predicted octanol–water partition coefficient (Wildman–Crippen LogP) is 14.8. The number of aliphatic hydroxyl groups excluding tert-OH is 1. The molecule has 0 radical (unpaired) electrons. The number of carbonyl (C=O) groups excluding carboxylic acids is 2. The van der Waals surface area contributed by atoms with Crippen molar-refractivity contribution in [2.75, 3.05) is 45.2 Å².